The van der Waals surface area contributed by atoms with Crippen LogP contribution < -0.4 is 10.6 Å². The second-order valence-electron chi connectivity index (χ2n) is 2.67. The lowest BCUT2D eigenvalue weighted by Crippen LogP contribution is -2.33. The Bertz CT molecular complexity index is 151. The van der Waals surface area contributed by atoms with E-state index in [1.807, 2.05) is 0 Å². The van der Waals surface area contributed by atoms with Gasteiger partial charge in [-0.05, 0) is 0 Å². The summed E-state index contributed by atoms with van der Waals surface area (Å²) in [5, 5.41) is 22.7. The zero-order valence-corrected chi connectivity index (χ0v) is 6.08. The monoisotopic (exact) mass is 160 g/mol. The smallest absolute Gasteiger partial charge is 0.404 e. The maximum atomic E-state index is 10.0. The van der Waals surface area contributed by atoms with Gasteiger partial charge in [-0.2, -0.15) is 0 Å². The third-order valence-corrected chi connectivity index (χ3v) is 1.82. The lowest BCUT2D eigenvalue weighted by atomic mass is 10.1. The SMILES string of the molecule is O=C(O)NC[C@H]1CNC[C@@H]1O. The van der Waals surface area contributed by atoms with Gasteiger partial charge in [0.05, 0.1) is 6.10 Å². The van der Waals surface area contributed by atoms with Crippen LogP contribution in [0.25, 0.3) is 0 Å². The topological polar surface area (TPSA) is 81.6 Å². The van der Waals surface area contributed by atoms with Gasteiger partial charge in [0, 0.05) is 25.6 Å². The van der Waals surface area contributed by atoms with Crippen LogP contribution in [0, 0.1) is 5.92 Å². The quantitative estimate of drug-likeness (QED) is 0.410. The molecule has 0 aromatic rings. The Labute approximate surface area is 64.4 Å². The first-order valence-corrected chi connectivity index (χ1v) is 3.55. The van der Waals surface area contributed by atoms with Crippen molar-refractivity contribution in [2.75, 3.05) is 19.6 Å². The molecule has 1 fully saturated rings. The molecule has 0 spiro atoms. The zero-order chi connectivity index (χ0) is 8.27. The molecule has 5 heteroatoms. The van der Waals surface area contributed by atoms with Crippen molar-refractivity contribution < 1.29 is 15.0 Å². The average molecular weight is 160 g/mol. The maximum absolute atomic E-state index is 10.0. The molecule has 1 saturated heterocycles. The van der Waals surface area contributed by atoms with Crippen molar-refractivity contribution in [1.82, 2.24) is 10.6 Å². The fourth-order valence-electron chi connectivity index (χ4n) is 1.15. The molecule has 1 amide bonds. The predicted octanol–water partition coefficient (Wildman–Crippen LogP) is -1.17. The van der Waals surface area contributed by atoms with E-state index in [2.05, 4.69) is 10.6 Å². The van der Waals surface area contributed by atoms with Crippen molar-refractivity contribution in [3.05, 3.63) is 0 Å². The van der Waals surface area contributed by atoms with E-state index >= 15 is 0 Å². The molecule has 1 heterocycles. The summed E-state index contributed by atoms with van der Waals surface area (Å²) in [4.78, 5) is 10.0. The van der Waals surface area contributed by atoms with Crippen LogP contribution in [0.3, 0.4) is 0 Å². The molecular weight excluding hydrogens is 148 g/mol. The number of nitrogens with one attached hydrogen (secondary N) is 2. The zero-order valence-electron chi connectivity index (χ0n) is 6.08. The molecule has 5 nitrogen and oxygen atoms in total. The van der Waals surface area contributed by atoms with Gasteiger partial charge in [-0.15, -0.1) is 0 Å². The minimum absolute atomic E-state index is 0.0195. The van der Waals surface area contributed by atoms with Gasteiger partial charge in [0.15, 0.2) is 0 Å². The number of β-amino-alcohol motifs (C(OH)–C–C–N with tert-alkyl or cyclic N) is 1. The number of hydrogen-bond donors (Lipinski definition) is 4. The van der Waals surface area contributed by atoms with E-state index in [-0.39, 0.29) is 5.92 Å². The van der Waals surface area contributed by atoms with E-state index < -0.39 is 12.2 Å². The molecule has 0 bridgehead atoms. The largest absolute Gasteiger partial charge is 0.465 e. The first-order chi connectivity index (χ1) is 5.20. The molecule has 0 unspecified atom stereocenters. The van der Waals surface area contributed by atoms with Gasteiger partial charge < -0.3 is 20.8 Å². The highest BCUT2D eigenvalue weighted by Gasteiger charge is 2.24. The van der Waals surface area contributed by atoms with Crippen molar-refractivity contribution in [3.8, 4) is 0 Å². The highest BCUT2D eigenvalue weighted by molar-refractivity contribution is 5.64. The van der Waals surface area contributed by atoms with Crippen LogP contribution in [0.1, 0.15) is 0 Å². The number of carboxylic acid groups (broad SMARTS) is 1. The summed E-state index contributed by atoms with van der Waals surface area (Å²) in [5.74, 6) is 0.0195. The molecule has 0 aliphatic carbocycles. The molecule has 0 aromatic carbocycles. The minimum Gasteiger partial charge on any atom is -0.465 e. The second-order valence-corrected chi connectivity index (χ2v) is 2.67. The Morgan fingerprint density at radius 2 is 2.36 bits per heavy atom. The van der Waals surface area contributed by atoms with Gasteiger partial charge in [-0.25, -0.2) is 4.79 Å². The molecule has 1 aliphatic rings. The van der Waals surface area contributed by atoms with Crippen molar-refractivity contribution in [3.63, 3.8) is 0 Å². The Morgan fingerprint density at radius 1 is 1.64 bits per heavy atom. The maximum Gasteiger partial charge on any atom is 0.404 e. The van der Waals surface area contributed by atoms with Crippen LogP contribution in [0.2, 0.25) is 0 Å². The van der Waals surface area contributed by atoms with E-state index in [0.717, 1.165) is 0 Å². The van der Waals surface area contributed by atoms with E-state index in [4.69, 9.17) is 5.11 Å². The normalized spacial score (nSPS) is 30.3. The summed E-state index contributed by atoms with van der Waals surface area (Å²) in [6, 6.07) is 0. The molecule has 64 valence electrons. The van der Waals surface area contributed by atoms with Crippen LogP contribution in [0.15, 0.2) is 0 Å². The molecule has 0 aromatic heterocycles. The van der Waals surface area contributed by atoms with Gasteiger partial charge in [0.25, 0.3) is 0 Å². The van der Waals surface area contributed by atoms with Crippen LogP contribution in [0.4, 0.5) is 4.79 Å². The van der Waals surface area contributed by atoms with Gasteiger partial charge in [0.1, 0.15) is 0 Å². The Morgan fingerprint density at radius 3 is 2.82 bits per heavy atom. The molecular formula is C6H12N2O3. The molecule has 1 aliphatic heterocycles. The predicted molar refractivity (Wildman–Crippen MR) is 38.4 cm³/mol. The highest BCUT2D eigenvalue weighted by Crippen LogP contribution is 2.06. The molecule has 0 saturated carbocycles. The number of amides is 1. The van der Waals surface area contributed by atoms with Crippen LogP contribution in [-0.4, -0.2) is 42.0 Å². The summed E-state index contributed by atoms with van der Waals surface area (Å²) in [6.07, 6.45) is -1.45. The van der Waals surface area contributed by atoms with Crippen molar-refractivity contribution in [1.29, 1.82) is 0 Å². The van der Waals surface area contributed by atoms with Crippen LogP contribution in [0.5, 0.6) is 0 Å². The summed E-state index contributed by atoms with van der Waals surface area (Å²) < 4.78 is 0. The van der Waals surface area contributed by atoms with E-state index in [1.165, 1.54) is 0 Å². The van der Waals surface area contributed by atoms with Crippen molar-refractivity contribution >= 4 is 6.09 Å². The fourth-order valence-corrected chi connectivity index (χ4v) is 1.15. The van der Waals surface area contributed by atoms with Crippen LogP contribution >= 0.6 is 0 Å². The standard InChI is InChI=1S/C6H12N2O3/c9-5-3-7-1-4(5)2-8-6(10)11/h4-5,7-9H,1-3H2,(H,10,11)/t4-,5+/m1/s1. The summed E-state index contributed by atoms with van der Waals surface area (Å²) in [5.41, 5.74) is 0. The van der Waals surface area contributed by atoms with Crippen LogP contribution in [-0.2, 0) is 0 Å². The number of aliphatic hydroxyl groups is 1. The summed E-state index contributed by atoms with van der Waals surface area (Å²) in [7, 11) is 0. The van der Waals surface area contributed by atoms with Gasteiger partial charge in [-0.3, -0.25) is 0 Å². The number of hydrogen-bond acceptors (Lipinski definition) is 3. The third kappa shape index (κ3) is 2.36. The van der Waals surface area contributed by atoms with Gasteiger partial charge in [-0.1, -0.05) is 0 Å². The number of carbonyl (C=O) groups is 1. The average Bonchev–Trinajstić information content (AvgIpc) is 2.31. The van der Waals surface area contributed by atoms with E-state index in [9.17, 15) is 9.90 Å². The molecule has 0 radical (unpaired) electrons. The van der Waals surface area contributed by atoms with E-state index in [1.54, 1.807) is 0 Å². The Kier molecular flexibility index (Phi) is 2.67. The molecule has 2 atom stereocenters. The Balaban J connectivity index is 2.20. The first kappa shape index (κ1) is 8.29. The summed E-state index contributed by atoms with van der Waals surface area (Å²) >= 11 is 0. The third-order valence-electron chi connectivity index (χ3n) is 1.82. The lowest BCUT2D eigenvalue weighted by Gasteiger charge is -2.11. The number of rotatable bonds is 2. The fraction of sp³-hybridized carbons (Fsp3) is 0.833. The Hall–Kier alpha value is -0.810. The lowest BCUT2D eigenvalue weighted by molar-refractivity contribution is 0.143. The van der Waals surface area contributed by atoms with Gasteiger partial charge >= 0.3 is 6.09 Å². The molecule has 1 rings (SSSR count). The second kappa shape index (κ2) is 3.54. The molecule has 4 N–H and O–H groups in total. The summed E-state index contributed by atoms with van der Waals surface area (Å²) in [6.45, 7) is 1.57. The minimum atomic E-state index is -1.04. The van der Waals surface area contributed by atoms with Crippen molar-refractivity contribution in [2.24, 2.45) is 5.92 Å². The molecule has 11 heavy (non-hydrogen) atoms. The number of aliphatic hydroxyl groups excluding tert-OH is 1. The van der Waals surface area contributed by atoms with Gasteiger partial charge in [0.2, 0.25) is 0 Å². The van der Waals surface area contributed by atoms with Crippen molar-refractivity contribution in [2.45, 2.75) is 6.10 Å². The first-order valence-electron chi connectivity index (χ1n) is 3.55. The van der Waals surface area contributed by atoms with E-state index in [0.29, 0.717) is 19.6 Å². The highest BCUT2D eigenvalue weighted by atomic mass is 16.4.